The van der Waals surface area contributed by atoms with E-state index in [9.17, 15) is 9.59 Å². The lowest BCUT2D eigenvalue weighted by Gasteiger charge is -2.25. The molecule has 26 heavy (non-hydrogen) atoms. The van der Waals surface area contributed by atoms with Crippen molar-refractivity contribution in [3.8, 4) is 0 Å². The van der Waals surface area contributed by atoms with Crippen LogP contribution in [0.25, 0.3) is 0 Å². The van der Waals surface area contributed by atoms with E-state index in [0.717, 1.165) is 31.6 Å². The third kappa shape index (κ3) is 4.94. The fourth-order valence-corrected chi connectivity index (χ4v) is 3.31. The molecule has 1 aliphatic rings. The van der Waals surface area contributed by atoms with Crippen LogP contribution < -0.4 is 5.32 Å². The number of amides is 1. The Morgan fingerprint density at radius 3 is 2.19 bits per heavy atom. The number of anilines is 1. The van der Waals surface area contributed by atoms with Gasteiger partial charge < -0.3 is 10.2 Å². The van der Waals surface area contributed by atoms with Gasteiger partial charge in [-0.1, -0.05) is 61.7 Å². The zero-order chi connectivity index (χ0) is 18.2. The number of carbonyl (C=O) groups excluding carboxylic acids is 2. The summed E-state index contributed by atoms with van der Waals surface area (Å²) < 4.78 is 0. The molecule has 1 heterocycles. The van der Waals surface area contributed by atoms with Gasteiger partial charge in [0.15, 0.2) is 5.78 Å². The van der Waals surface area contributed by atoms with E-state index in [1.165, 1.54) is 19.3 Å². The van der Waals surface area contributed by atoms with E-state index < -0.39 is 0 Å². The van der Waals surface area contributed by atoms with E-state index in [2.05, 4.69) is 5.32 Å². The summed E-state index contributed by atoms with van der Waals surface area (Å²) in [6.45, 7) is 1.98. The number of rotatable bonds is 5. The molecule has 1 N–H and O–H groups in total. The molecule has 4 heteroatoms. The van der Waals surface area contributed by atoms with Crippen LogP contribution in [0.4, 0.5) is 5.69 Å². The lowest BCUT2D eigenvalue weighted by molar-refractivity contribution is -0.129. The van der Waals surface area contributed by atoms with Crippen LogP contribution in [0, 0.1) is 0 Å². The van der Waals surface area contributed by atoms with E-state index >= 15 is 0 Å². The van der Waals surface area contributed by atoms with E-state index in [4.69, 9.17) is 0 Å². The number of nitrogens with zero attached hydrogens (tertiary/aromatic N) is 1. The minimum atomic E-state index is -0.00987. The SMILES string of the molecule is O=C(c1ccccc1)c1cccc(NCC(=O)N2CCCCCCC2)c1. The van der Waals surface area contributed by atoms with Gasteiger partial charge in [-0.05, 0) is 25.0 Å². The summed E-state index contributed by atoms with van der Waals surface area (Å²) in [5.74, 6) is 0.121. The van der Waals surface area contributed by atoms with Gasteiger partial charge in [-0.3, -0.25) is 9.59 Å². The first-order valence-corrected chi connectivity index (χ1v) is 9.45. The first kappa shape index (κ1) is 18.2. The molecule has 3 rings (SSSR count). The summed E-state index contributed by atoms with van der Waals surface area (Å²) in [5.41, 5.74) is 2.09. The molecule has 0 radical (unpaired) electrons. The highest BCUT2D eigenvalue weighted by Gasteiger charge is 2.15. The summed E-state index contributed by atoms with van der Waals surface area (Å²) in [5, 5.41) is 3.18. The lowest BCUT2D eigenvalue weighted by Crippen LogP contribution is -2.37. The van der Waals surface area contributed by atoms with Gasteiger partial charge in [0, 0.05) is 29.9 Å². The van der Waals surface area contributed by atoms with Gasteiger partial charge in [0.2, 0.25) is 5.91 Å². The molecule has 2 aromatic rings. The van der Waals surface area contributed by atoms with Crippen molar-refractivity contribution in [2.45, 2.75) is 32.1 Å². The molecule has 0 aliphatic carbocycles. The molecular weight excluding hydrogens is 324 g/mol. The molecule has 0 bridgehead atoms. The standard InChI is InChI=1S/C22H26N2O2/c25-21(24-14-7-2-1-3-8-15-24)17-23-20-13-9-12-19(16-20)22(26)18-10-5-4-6-11-18/h4-6,9-13,16,23H,1-3,7-8,14-15,17H2. The average molecular weight is 350 g/mol. The Kier molecular flexibility index (Phi) is 6.42. The Morgan fingerprint density at radius 1 is 0.808 bits per heavy atom. The molecule has 1 fully saturated rings. The van der Waals surface area contributed by atoms with Gasteiger partial charge in [-0.25, -0.2) is 0 Å². The molecule has 1 aliphatic heterocycles. The van der Waals surface area contributed by atoms with Crippen molar-refractivity contribution < 1.29 is 9.59 Å². The first-order valence-electron chi connectivity index (χ1n) is 9.45. The van der Waals surface area contributed by atoms with Gasteiger partial charge >= 0.3 is 0 Å². The Labute approximate surface area is 155 Å². The second kappa shape index (κ2) is 9.18. The van der Waals surface area contributed by atoms with E-state index in [1.54, 1.807) is 6.07 Å². The van der Waals surface area contributed by atoms with Crippen LogP contribution in [0.2, 0.25) is 0 Å². The number of ketones is 1. The van der Waals surface area contributed by atoms with E-state index in [1.807, 2.05) is 53.4 Å². The molecule has 0 aromatic heterocycles. The Bertz CT molecular complexity index is 735. The van der Waals surface area contributed by atoms with Gasteiger partial charge in [0.1, 0.15) is 0 Å². The van der Waals surface area contributed by atoms with Crippen LogP contribution in [0.3, 0.4) is 0 Å². The van der Waals surface area contributed by atoms with Gasteiger partial charge in [-0.2, -0.15) is 0 Å². The van der Waals surface area contributed by atoms with Crippen LogP contribution in [0.15, 0.2) is 54.6 Å². The molecule has 2 aromatic carbocycles. The molecule has 136 valence electrons. The minimum Gasteiger partial charge on any atom is -0.376 e. The highest BCUT2D eigenvalue weighted by Crippen LogP contribution is 2.15. The van der Waals surface area contributed by atoms with Crippen LogP contribution in [-0.2, 0) is 4.79 Å². The quantitative estimate of drug-likeness (QED) is 0.825. The molecule has 0 saturated carbocycles. The number of hydrogen-bond donors (Lipinski definition) is 1. The minimum absolute atomic E-state index is 0.00987. The predicted molar refractivity (Wildman–Crippen MR) is 104 cm³/mol. The zero-order valence-corrected chi connectivity index (χ0v) is 15.1. The first-order chi connectivity index (χ1) is 12.7. The number of nitrogens with one attached hydrogen (secondary N) is 1. The second-order valence-corrected chi connectivity index (χ2v) is 6.78. The fourth-order valence-electron chi connectivity index (χ4n) is 3.31. The third-order valence-corrected chi connectivity index (χ3v) is 4.81. The Balaban J connectivity index is 1.60. The van der Waals surface area contributed by atoms with Crippen molar-refractivity contribution in [2.24, 2.45) is 0 Å². The summed E-state index contributed by atoms with van der Waals surface area (Å²) >= 11 is 0. The van der Waals surface area contributed by atoms with Crippen molar-refractivity contribution in [3.63, 3.8) is 0 Å². The lowest BCUT2D eigenvalue weighted by atomic mass is 10.0. The van der Waals surface area contributed by atoms with Gasteiger partial charge in [0.05, 0.1) is 6.54 Å². The molecule has 0 spiro atoms. The Morgan fingerprint density at radius 2 is 1.46 bits per heavy atom. The predicted octanol–water partition coefficient (Wildman–Crippen LogP) is 4.12. The number of likely N-dealkylation sites (tertiary alicyclic amines) is 1. The summed E-state index contributed by atoms with van der Waals surface area (Å²) in [6.07, 6.45) is 5.88. The van der Waals surface area contributed by atoms with Crippen LogP contribution in [-0.4, -0.2) is 36.2 Å². The van der Waals surface area contributed by atoms with Crippen LogP contribution in [0.5, 0.6) is 0 Å². The molecule has 4 nitrogen and oxygen atoms in total. The van der Waals surface area contributed by atoms with Crippen molar-refractivity contribution in [2.75, 3.05) is 25.0 Å². The second-order valence-electron chi connectivity index (χ2n) is 6.78. The van der Waals surface area contributed by atoms with E-state index in [0.29, 0.717) is 11.1 Å². The van der Waals surface area contributed by atoms with Crippen LogP contribution >= 0.6 is 0 Å². The molecule has 1 amide bonds. The summed E-state index contributed by atoms with van der Waals surface area (Å²) in [7, 11) is 0. The maximum Gasteiger partial charge on any atom is 0.241 e. The highest BCUT2D eigenvalue weighted by molar-refractivity contribution is 6.09. The summed E-state index contributed by atoms with van der Waals surface area (Å²) in [6, 6.07) is 16.6. The van der Waals surface area contributed by atoms with Crippen molar-refractivity contribution in [3.05, 3.63) is 65.7 Å². The largest absolute Gasteiger partial charge is 0.376 e. The molecular formula is C22H26N2O2. The monoisotopic (exact) mass is 350 g/mol. The number of carbonyl (C=O) groups is 2. The van der Waals surface area contributed by atoms with E-state index in [-0.39, 0.29) is 18.2 Å². The number of benzene rings is 2. The zero-order valence-electron chi connectivity index (χ0n) is 15.1. The highest BCUT2D eigenvalue weighted by atomic mass is 16.2. The third-order valence-electron chi connectivity index (χ3n) is 4.81. The van der Waals surface area contributed by atoms with Gasteiger partial charge in [-0.15, -0.1) is 0 Å². The maximum absolute atomic E-state index is 12.6. The fraction of sp³-hybridized carbons (Fsp3) is 0.364. The maximum atomic E-state index is 12.6. The van der Waals surface area contributed by atoms with Crippen LogP contribution in [0.1, 0.15) is 48.0 Å². The topological polar surface area (TPSA) is 49.4 Å². The molecule has 0 unspecified atom stereocenters. The van der Waals surface area contributed by atoms with Crippen molar-refractivity contribution in [1.82, 2.24) is 4.90 Å². The molecule has 0 atom stereocenters. The summed E-state index contributed by atoms with van der Waals surface area (Å²) in [4.78, 5) is 27.0. The van der Waals surface area contributed by atoms with Gasteiger partial charge in [0.25, 0.3) is 0 Å². The van der Waals surface area contributed by atoms with Crippen molar-refractivity contribution >= 4 is 17.4 Å². The average Bonchev–Trinajstić information content (AvgIpc) is 2.66. The smallest absolute Gasteiger partial charge is 0.241 e. The number of hydrogen-bond acceptors (Lipinski definition) is 3. The Hall–Kier alpha value is -2.62. The van der Waals surface area contributed by atoms with Crippen molar-refractivity contribution in [1.29, 1.82) is 0 Å². The molecule has 1 saturated heterocycles. The normalized spacial score (nSPS) is 15.0.